The van der Waals surface area contributed by atoms with Gasteiger partial charge < -0.3 is 5.32 Å². The number of piperazine rings is 1. The maximum Gasteiger partial charge on any atom is 0.260 e. The molecule has 2 heterocycles. The summed E-state index contributed by atoms with van der Waals surface area (Å²) in [6.45, 7) is 6.15. The molecule has 96 valence electrons. The Labute approximate surface area is 102 Å². The van der Waals surface area contributed by atoms with E-state index in [0.717, 1.165) is 0 Å². The zero-order valence-electron chi connectivity index (χ0n) is 10.1. The van der Waals surface area contributed by atoms with Crippen LogP contribution in [0.25, 0.3) is 0 Å². The zero-order chi connectivity index (χ0) is 12.5. The zero-order valence-corrected chi connectivity index (χ0v) is 10.9. The molecule has 0 saturated carbocycles. The maximum atomic E-state index is 12.4. The lowest BCUT2D eigenvalue weighted by Crippen LogP contribution is -2.51. The van der Waals surface area contributed by atoms with Gasteiger partial charge >= 0.3 is 0 Å². The molecule has 0 spiro atoms. The van der Waals surface area contributed by atoms with Crippen molar-refractivity contribution in [3.05, 3.63) is 12.3 Å². The standard InChI is InChI=1S/C10H18N4O2S/c1-3-14-10(4-5-12-14)17(15,16)13-7-6-11-9(2)8-13/h4-5,9,11H,3,6-8H2,1-2H3. The van der Waals surface area contributed by atoms with Gasteiger partial charge in [0.2, 0.25) is 0 Å². The van der Waals surface area contributed by atoms with Crippen LogP contribution in [0.3, 0.4) is 0 Å². The molecule has 0 aromatic carbocycles. The molecule has 1 aliphatic heterocycles. The molecule has 1 aliphatic rings. The minimum Gasteiger partial charge on any atom is -0.312 e. The van der Waals surface area contributed by atoms with Gasteiger partial charge in [0.25, 0.3) is 10.0 Å². The first-order valence-corrected chi connectivity index (χ1v) is 7.25. The van der Waals surface area contributed by atoms with Crippen LogP contribution >= 0.6 is 0 Å². The number of aromatic nitrogens is 2. The molecule has 7 heteroatoms. The molecule has 2 rings (SSSR count). The van der Waals surface area contributed by atoms with Crippen molar-refractivity contribution >= 4 is 10.0 Å². The molecule has 1 unspecified atom stereocenters. The second-order valence-corrected chi connectivity index (χ2v) is 6.09. The lowest BCUT2D eigenvalue weighted by molar-refractivity contribution is 0.307. The Kier molecular flexibility index (Phi) is 3.50. The third kappa shape index (κ3) is 2.36. The molecule has 6 nitrogen and oxygen atoms in total. The Bertz CT molecular complexity index is 482. The fourth-order valence-electron chi connectivity index (χ4n) is 2.02. The average Bonchev–Trinajstić information content (AvgIpc) is 2.77. The number of hydrogen-bond donors (Lipinski definition) is 1. The van der Waals surface area contributed by atoms with Crippen LogP contribution in [0.15, 0.2) is 17.3 Å². The number of sulfonamides is 1. The van der Waals surface area contributed by atoms with E-state index in [1.165, 1.54) is 15.2 Å². The third-order valence-electron chi connectivity index (χ3n) is 2.91. The highest BCUT2D eigenvalue weighted by Crippen LogP contribution is 2.16. The molecule has 0 aliphatic carbocycles. The predicted octanol–water partition coefficient (Wildman–Crippen LogP) is -0.115. The summed E-state index contributed by atoms with van der Waals surface area (Å²) in [5.41, 5.74) is 0. The molecule has 0 radical (unpaired) electrons. The van der Waals surface area contributed by atoms with Gasteiger partial charge in [-0.15, -0.1) is 0 Å². The maximum absolute atomic E-state index is 12.4. The minimum atomic E-state index is -3.40. The third-order valence-corrected chi connectivity index (χ3v) is 4.80. The van der Waals surface area contributed by atoms with Crippen LogP contribution < -0.4 is 5.32 Å². The van der Waals surface area contributed by atoms with E-state index < -0.39 is 10.0 Å². The fraction of sp³-hybridized carbons (Fsp3) is 0.700. The van der Waals surface area contributed by atoms with E-state index in [9.17, 15) is 8.42 Å². The van der Waals surface area contributed by atoms with Gasteiger partial charge in [0, 0.05) is 32.2 Å². The summed E-state index contributed by atoms with van der Waals surface area (Å²) in [5, 5.41) is 7.53. The van der Waals surface area contributed by atoms with Crippen LogP contribution in [0.1, 0.15) is 13.8 Å². The molecule has 0 amide bonds. The van der Waals surface area contributed by atoms with E-state index in [0.29, 0.717) is 26.2 Å². The second-order valence-electron chi connectivity index (χ2n) is 4.20. The largest absolute Gasteiger partial charge is 0.312 e. The van der Waals surface area contributed by atoms with Gasteiger partial charge in [-0.25, -0.2) is 8.42 Å². The van der Waals surface area contributed by atoms with Gasteiger partial charge in [-0.2, -0.15) is 9.40 Å². The van der Waals surface area contributed by atoms with E-state index in [2.05, 4.69) is 10.4 Å². The molecule has 1 fully saturated rings. The highest BCUT2D eigenvalue weighted by molar-refractivity contribution is 7.89. The molecule has 1 aromatic heterocycles. The summed E-state index contributed by atoms with van der Waals surface area (Å²) >= 11 is 0. The number of nitrogens with zero attached hydrogens (tertiary/aromatic N) is 3. The smallest absolute Gasteiger partial charge is 0.260 e. The molecular formula is C10H18N4O2S. The van der Waals surface area contributed by atoms with Crippen molar-refractivity contribution in [2.45, 2.75) is 31.5 Å². The van der Waals surface area contributed by atoms with E-state index in [1.54, 1.807) is 6.07 Å². The predicted molar refractivity (Wildman–Crippen MR) is 64.1 cm³/mol. The van der Waals surface area contributed by atoms with Gasteiger partial charge in [-0.05, 0) is 19.9 Å². The van der Waals surface area contributed by atoms with Gasteiger partial charge in [0.15, 0.2) is 5.03 Å². The first kappa shape index (κ1) is 12.5. The molecule has 1 aromatic rings. The quantitative estimate of drug-likeness (QED) is 0.821. The normalized spacial score (nSPS) is 22.8. The van der Waals surface area contributed by atoms with E-state index in [4.69, 9.17) is 0 Å². The lowest BCUT2D eigenvalue weighted by atomic mass is 10.3. The van der Waals surface area contributed by atoms with Crippen LogP contribution in [-0.4, -0.2) is 48.2 Å². The van der Waals surface area contributed by atoms with Crippen LogP contribution in [0.2, 0.25) is 0 Å². The van der Waals surface area contributed by atoms with Crippen LogP contribution in [0.4, 0.5) is 0 Å². The van der Waals surface area contributed by atoms with E-state index in [1.807, 2.05) is 13.8 Å². The second kappa shape index (κ2) is 4.75. The highest BCUT2D eigenvalue weighted by atomic mass is 32.2. The highest BCUT2D eigenvalue weighted by Gasteiger charge is 2.30. The van der Waals surface area contributed by atoms with Crippen molar-refractivity contribution in [2.75, 3.05) is 19.6 Å². The first-order valence-electron chi connectivity index (χ1n) is 5.81. The average molecular weight is 258 g/mol. The Morgan fingerprint density at radius 2 is 2.35 bits per heavy atom. The van der Waals surface area contributed by atoms with Crippen LogP contribution in [-0.2, 0) is 16.6 Å². The van der Waals surface area contributed by atoms with E-state index in [-0.39, 0.29) is 11.1 Å². The number of nitrogens with one attached hydrogen (secondary N) is 1. The number of aryl methyl sites for hydroxylation is 1. The van der Waals surface area contributed by atoms with Crippen molar-refractivity contribution in [1.29, 1.82) is 0 Å². The SMILES string of the molecule is CCn1nccc1S(=O)(=O)N1CCNC(C)C1. The van der Waals surface area contributed by atoms with Crippen molar-refractivity contribution in [3.8, 4) is 0 Å². The first-order chi connectivity index (χ1) is 8.05. The number of hydrogen-bond acceptors (Lipinski definition) is 4. The van der Waals surface area contributed by atoms with Gasteiger partial charge in [0.1, 0.15) is 0 Å². The van der Waals surface area contributed by atoms with Gasteiger partial charge in [-0.1, -0.05) is 0 Å². The molecule has 1 saturated heterocycles. The Morgan fingerprint density at radius 3 is 3.00 bits per heavy atom. The van der Waals surface area contributed by atoms with Gasteiger partial charge in [0.05, 0.1) is 6.20 Å². The van der Waals surface area contributed by atoms with Crippen molar-refractivity contribution in [1.82, 2.24) is 19.4 Å². The summed E-state index contributed by atoms with van der Waals surface area (Å²) in [6, 6.07) is 1.75. The summed E-state index contributed by atoms with van der Waals surface area (Å²) in [4.78, 5) is 0. The van der Waals surface area contributed by atoms with Crippen LogP contribution in [0.5, 0.6) is 0 Å². The Balaban J connectivity index is 2.30. The van der Waals surface area contributed by atoms with Gasteiger partial charge in [-0.3, -0.25) is 4.68 Å². The minimum absolute atomic E-state index is 0.191. The summed E-state index contributed by atoms with van der Waals surface area (Å²) in [6.07, 6.45) is 1.53. The topological polar surface area (TPSA) is 67.2 Å². The molecule has 17 heavy (non-hydrogen) atoms. The molecule has 0 bridgehead atoms. The van der Waals surface area contributed by atoms with Crippen LogP contribution in [0, 0.1) is 0 Å². The monoisotopic (exact) mass is 258 g/mol. The Hall–Kier alpha value is -0.920. The molecule has 1 atom stereocenters. The Morgan fingerprint density at radius 1 is 1.59 bits per heavy atom. The van der Waals surface area contributed by atoms with E-state index >= 15 is 0 Å². The summed E-state index contributed by atoms with van der Waals surface area (Å²) in [7, 11) is -3.40. The van der Waals surface area contributed by atoms with Crippen molar-refractivity contribution in [3.63, 3.8) is 0 Å². The fourth-order valence-corrected chi connectivity index (χ4v) is 3.72. The summed E-state index contributed by atoms with van der Waals surface area (Å²) in [5.74, 6) is 0. The van der Waals surface area contributed by atoms with Crippen molar-refractivity contribution in [2.24, 2.45) is 0 Å². The molecule has 1 N–H and O–H groups in total. The van der Waals surface area contributed by atoms with Crippen molar-refractivity contribution < 1.29 is 8.42 Å². The molecular weight excluding hydrogens is 240 g/mol. The number of rotatable bonds is 3. The summed E-state index contributed by atoms with van der Waals surface area (Å²) < 4.78 is 27.9. The lowest BCUT2D eigenvalue weighted by Gasteiger charge is -2.30.